The smallest absolute Gasteiger partial charge is 0.300 e. The number of aryl methyl sites for hydroxylation is 2. The van der Waals surface area contributed by atoms with Gasteiger partial charge in [0.1, 0.15) is 17.6 Å². The van der Waals surface area contributed by atoms with Crippen LogP contribution in [0.1, 0.15) is 35.3 Å². The number of nitrogens with zero attached hydrogens (tertiary/aromatic N) is 2. The van der Waals surface area contributed by atoms with E-state index >= 15 is 0 Å². The Kier molecular flexibility index (Phi) is 5.77. The molecule has 1 aromatic heterocycles. The van der Waals surface area contributed by atoms with Gasteiger partial charge < -0.3 is 9.84 Å². The van der Waals surface area contributed by atoms with Crippen LogP contribution < -0.4 is 9.64 Å². The second kappa shape index (κ2) is 8.67. The quantitative estimate of drug-likeness (QED) is 0.365. The number of hydrogen-bond donors (Lipinski definition) is 1. The minimum atomic E-state index is -0.867. The summed E-state index contributed by atoms with van der Waals surface area (Å²) in [5.41, 5.74) is 3.38. The average molecular weight is 428 g/mol. The number of amides is 1. The van der Waals surface area contributed by atoms with E-state index in [-0.39, 0.29) is 11.3 Å². The van der Waals surface area contributed by atoms with Crippen molar-refractivity contribution in [2.75, 3.05) is 12.0 Å². The highest BCUT2D eigenvalue weighted by Gasteiger charge is 2.47. The Hall–Kier alpha value is -3.93. The zero-order valence-corrected chi connectivity index (χ0v) is 18.2. The first kappa shape index (κ1) is 21.3. The standard InChI is InChI=1S/C26H24N2O4/c1-4-17-9-11-18(12-10-17)28-23(20-7-5-6-14-27-20)22(25(30)26(28)31)24(29)19-15-16(2)8-13-21(19)32-3/h5-15,23,29H,4H2,1-3H3/b24-22+. The SMILES string of the molecule is CCc1ccc(N2C(=O)C(=O)/C(=C(/O)c3cc(C)ccc3OC)C2c2ccccn2)cc1. The lowest BCUT2D eigenvalue weighted by Gasteiger charge is -2.25. The van der Waals surface area contributed by atoms with Gasteiger partial charge in [0, 0.05) is 11.9 Å². The van der Waals surface area contributed by atoms with Gasteiger partial charge in [0.2, 0.25) is 0 Å². The topological polar surface area (TPSA) is 79.7 Å². The number of ether oxygens (including phenoxy) is 1. The molecule has 0 bridgehead atoms. The summed E-state index contributed by atoms with van der Waals surface area (Å²) < 4.78 is 5.40. The molecule has 1 fully saturated rings. The van der Waals surface area contributed by atoms with Crippen LogP contribution >= 0.6 is 0 Å². The molecular formula is C26H24N2O4. The second-order valence-corrected chi connectivity index (χ2v) is 7.65. The van der Waals surface area contributed by atoms with E-state index in [1.807, 2.05) is 44.2 Å². The Balaban J connectivity index is 1.95. The molecular weight excluding hydrogens is 404 g/mol. The molecule has 2 heterocycles. The predicted octanol–water partition coefficient (Wildman–Crippen LogP) is 4.59. The second-order valence-electron chi connectivity index (χ2n) is 7.65. The Morgan fingerprint density at radius 1 is 1.09 bits per heavy atom. The van der Waals surface area contributed by atoms with Crippen molar-refractivity contribution < 1.29 is 19.4 Å². The normalized spacial score (nSPS) is 17.6. The number of carbonyl (C=O) groups excluding carboxylic acids is 2. The van der Waals surface area contributed by atoms with Gasteiger partial charge in [-0.2, -0.15) is 0 Å². The number of benzene rings is 2. The molecule has 1 atom stereocenters. The summed E-state index contributed by atoms with van der Waals surface area (Å²) in [6.45, 7) is 3.92. The van der Waals surface area contributed by atoms with Gasteiger partial charge in [-0.1, -0.05) is 36.8 Å². The fraction of sp³-hybridized carbons (Fsp3) is 0.192. The van der Waals surface area contributed by atoms with Crippen molar-refractivity contribution in [3.8, 4) is 5.75 Å². The molecule has 0 saturated carbocycles. The molecule has 0 aliphatic carbocycles. The number of pyridine rings is 1. The highest BCUT2D eigenvalue weighted by molar-refractivity contribution is 6.51. The summed E-state index contributed by atoms with van der Waals surface area (Å²) in [4.78, 5) is 32.2. The molecule has 2 aromatic carbocycles. The molecule has 162 valence electrons. The monoisotopic (exact) mass is 428 g/mol. The maximum atomic E-state index is 13.2. The minimum Gasteiger partial charge on any atom is -0.507 e. The molecule has 6 heteroatoms. The number of aliphatic hydroxyl groups excluding tert-OH is 1. The Morgan fingerprint density at radius 2 is 1.84 bits per heavy atom. The van der Waals surface area contributed by atoms with Gasteiger partial charge in [0.15, 0.2) is 0 Å². The zero-order valence-electron chi connectivity index (χ0n) is 18.2. The summed E-state index contributed by atoms with van der Waals surface area (Å²) in [5, 5.41) is 11.3. The molecule has 1 unspecified atom stereocenters. The molecule has 1 aliphatic rings. The average Bonchev–Trinajstić information content (AvgIpc) is 3.09. The summed E-state index contributed by atoms with van der Waals surface area (Å²) in [6, 6.07) is 17.2. The third-order valence-corrected chi connectivity index (χ3v) is 5.65. The van der Waals surface area contributed by atoms with Gasteiger partial charge >= 0.3 is 0 Å². The molecule has 4 rings (SSSR count). The molecule has 1 N–H and O–H groups in total. The van der Waals surface area contributed by atoms with Crippen molar-refractivity contribution in [2.45, 2.75) is 26.3 Å². The fourth-order valence-corrected chi connectivity index (χ4v) is 3.96. The summed E-state index contributed by atoms with van der Waals surface area (Å²) >= 11 is 0. The van der Waals surface area contributed by atoms with Crippen LogP contribution in [0.3, 0.4) is 0 Å². The van der Waals surface area contributed by atoms with Crippen molar-refractivity contribution in [1.29, 1.82) is 0 Å². The van der Waals surface area contributed by atoms with Crippen LogP contribution in [0, 0.1) is 6.92 Å². The molecule has 0 spiro atoms. The van der Waals surface area contributed by atoms with Crippen molar-refractivity contribution >= 4 is 23.1 Å². The van der Waals surface area contributed by atoms with Crippen LogP contribution in [-0.2, 0) is 16.0 Å². The van der Waals surface area contributed by atoms with Gasteiger partial charge in [0.05, 0.1) is 23.9 Å². The van der Waals surface area contributed by atoms with Crippen LogP contribution in [0.5, 0.6) is 5.75 Å². The van der Waals surface area contributed by atoms with Crippen LogP contribution in [-0.4, -0.2) is 28.9 Å². The number of ketones is 1. The van der Waals surface area contributed by atoms with Crippen molar-refractivity contribution in [3.63, 3.8) is 0 Å². The maximum absolute atomic E-state index is 13.2. The van der Waals surface area contributed by atoms with E-state index < -0.39 is 17.7 Å². The first-order valence-corrected chi connectivity index (χ1v) is 10.4. The molecule has 6 nitrogen and oxygen atoms in total. The number of aromatic nitrogens is 1. The lowest BCUT2D eigenvalue weighted by Crippen LogP contribution is -2.29. The molecule has 0 radical (unpaired) electrons. The molecule has 32 heavy (non-hydrogen) atoms. The van der Waals surface area contributed by atoms with Crippen molar-refractivity contribution in [1.82, 2.24) is 4.98 Å². The Labute approximate surface area is 186 Å². The van der Waals surface area contributed by atoms with E-state index in [4.69, 9.17) is 4.74 Å². The number of methoxy groups -OCH3 is 1. The predicted molar refractivity (Wildman–Crippen MR) is 123 cm³/mol. The van der Waals surface area contributed by atoms with Gasteiger partial charge in [-0.05, 0) is 55.3 Å². The minimum absolute atomic E-state index is 0.0165. The molecule has 1 amide bonds. The molecule has 1 aliphatic heterocycles. The summed E-state index contributed by atoms with van der Waals surface area (Å²) in [7, 11) is 1.49. The molecule has 1 saturated heterocycles. The van der Waals surface area contributed by atoms with E-state index in [0.717, 1.165) is 17.5 Å². The number of Topliss-reactive ketones (excluding diaryl/α,β-unsaturated/α-hetero) is 1. The number of rotatable bonds is 5. The van der Waals surface area contributed by atoms with Crippen LogP contribution in [0.4, 0.5) is 5.69 Å². The first-order valence-electron chi connectivity index (χ1n) is 10.4. The van der Waals surface area contributed by atoms with Crippen LogP contribution in [0.15, 0.2) is 72.4 Å². The Morgan fingerprint density at radius 3 is 2.47 bits per heavy atom. The van der Waals surface area contributed by atoms with Crippen molar-refractivity contribution in [2.24, 2.45) is 0 Å². The third kappa shape index (κ3) is 3.64. The van der Waals surface area contributed by atoms with Crippen LogP contribution in [0.25, 0.3) is 5.76 Å². The number of hydrogen-bond acceptors (Lipinski definition) is 5. The zero-order chi connectivity index (χ0) is 22.8. The first-order chi connectivity index (χ1) is 15.5. The lowest BCUT2D eigenvalue weighted by molar-refractivity contribution is -0.132. The number of carbonyl (C=O) groups is 2. The lowest BCUT2D eigenvalue weighted by atomic mass is 9.97. The van der Waals surface area contributed by atoms with Crippen molar-refractivity contribution in [3.05, 3.63) is 94.8 Å². The van der Waals surface area contributed by atoms with Gasteiger partial charge in [-0.25, -0.2) is 0 Å². The van der Waals surface area contributed by atoms with Gasteiger partial charge in [0.25, 0.3) is 11.7 Å². The number of aliphatic hydroxyl groups is 1. The fourth-order valence-electron chi connectivity index (χ4n) is 3.96. The largest absolute Gasteiger partial charge is 0.507 e. The van der Waals surface area contributed by atoms with Gasteiger partial charge in [-0.15, -0.1) is 0 Å². The number of anilines is 1. The molecule has 3 aromatic rings. The van der Waals surface area contributed by atoms with E-state index in [2.05, 4.69) is 4.98 Å². The van der Waals surface area contributed by atoms with Gasteiger partial charge in [-0.3, -0.25) is 19.5 Å². The summed E-state index contributed by atoms with van der Waals surface area (Å²) in [5.74, 6) is -1.35. The van der Waals surface area contributed by atoms with Crippen LogP contribution in [0.2, 0.25) is 0 Å². The Bertz CT molecular complexity index is 1200. The van der Waals surface area contributed by atoms with E-state index in [1.165, 1.54) is 12.0 Å². The maximum Gasteiger partial charge on any atom is 0.300 e. The highest BCUT2D eigenvalue weighted by Crippen LogP contribution is 2.42. The van der Waals surface area contributed by atoms with E-state index in [1.54, 1.807) is 36.5 Å². The van der Waals surface area contributed by atoms with E-state index in [0.29, 0.717) is 22.7 Å². The summed E-state index contributed by atoms with van der Waals surface area (Å²) in [6.07, 6.45) is 2.46. The highest BCUT2D eigenvalue weighted by atomic mass is 16.5. The third-order valence-electron chi connectivity index (χ3n) is 5.65. The van der Waals surface area contributed by atoms with E-state index in [9.17, 15) is 14.7 Å².